The molecular formula is C15H21BrN2O3. The standard InChI is InChI=1S/C15H21BrN2O3/c1-3-17-10-12(16)8-13(17)14(19)18-7-5-6-11(9-18)15(20)21-4-2/h8,10-11H,3-7,9H2,1-2H3/t11-/m1/s1. The first kappa shape index (κ1) is 16.1. The number of hydrogen-bond acceptors (Lipinski definition) is 3. The monoisotopic (exact) mass is 356 g/mol. The zero-order chi connectivity index (χ0) is 15.4. The van der Waals surface area contributed by atoms with Gasteiger partial charge in [0, 0.05) is 30.3 Å². The number of rotatable bonds is 4. The molecule has 5 nitrogen and oxygen atoms in total. The SMILES string of the molecule is CCOC(=O)[C@@H]1CCCN(C(=O)c2cc(Br)cn2CC)C1. The van der Waals surface area contributed by atoms with Gasteiger partial charge in [-0.3, -0.25) is 9.59 Å². The summed E-state index contributed by atoms with van der Waals surface area (Å²) < 4.78 is 7.89. The molecule has 116 valence electrons. The zero-order valence-electron chi connectivity index (χ0n) is 12.5. The van der Waals surface area contributed by atoms with Crippen LogP contribution in [-0.4, -0.2) is 41.0 Å². The first-order valence-corrected chi connectivity index (χ1v) is 8.17. The number of ether oxygens (including phenoxy) is 1. The van der Waals surface area contributed by atoms with Gasteiger partial charge in [0.05, 0.1) is 12.5 Å². The van der Waals surface area contributed by atoms with Crippen LogP contribution in [0.25, 0.3) is 0 Å². The van der Waals surface area contributed by atoms with Crippen LogP contribution in [0.5, 0.6) is 0 Å². The van der Waals surface area contributed by atoms with Crippen molar-refractivity contribution >= 4 is 27.8 Å². The Hall–Kier alpha value is -1.30. The maximum Gasteiger partial charge on any atom is 0.310 e. The molecule has 1 aliphatic heterocycles. The highest BCUT2D eigenvalue weighted by Crippen LogP contribution is 2.22. The molecule has 2 rings (SSSR count). The van der Waals surface area contributed by atoms with Crippen LogP contribution >= 0.6 is 15.9 Å². The van der Waals surface area contributed by atoms with Crippen molar-refractivity contribution in [3.05, 3.63) is 22.4 Å². The number of piperidine rings is 1. The molecule has 0 N–H and O–H groups in total. The topological polar surface area (TPSA) is 51.5 Å². The molecule has 1 aromatic rings. The van der Waals surface area contributed by atoms with E-state index >= 15 is 0 Å². The molecule has 0 aliphatic carbocycles. The summed E-state index contributed by atoms with van der Waals surface area (Å²) in [4.78, 5) is 26.3. The molecule has 1 atom stereocenters. The van der Waals surface area contributed by atoms with Gasteiger partial charge in [-0.1, -0.05) is 0 Å². The summed E-state index contributed by atoms with van der Waals surface area (Å²) >= 11 is 3.41. The summed E-state index contributed by atoms with van der Waals surface area (Å²) in [5.74, 6) is -0.408. The minimum atomic E-state index is -0.198. The molecule has 0 saturated carbocycles. The molecule has 1 fully saturated rings. The van der Waals surface area contributed by atoms with E-state index in [-0.39, 0.29) is 17.8 Å². The Morgan fingerprint density at radius 1 is 1.43 bits per heavy atom. The van der Waals surface area contributed by atoms with Gasteiger partial charge in [0.1, 0.15) is 5.69 Å². The van der Waals surface area contributed by atoms with Crippen molar-refractivity contribution in [3.63, 3.8) is 0 Å². The van der Waals surface area contributed by atoms with E-state index < -0.39 is 0 Å². The minimum Gasteiger partial charge on any atom is -0.466 e. The smallest absolute Gasteiger partial charge is 0.310 e. The number of halogens is 1. The molecule has 0 bridgehead atoms. The number of aryl methyl sites for hydroxylation is 1. The quantitative estimate of drug-likeness (QED) is 0.779. The fraction of sp³-hybridized carbons (Fsp3) is 0.600. The average molecular weight is 357 g/mol. The molecule has 1 aliphatic rings. The van der Waals surface area contributed by atoms with E-state index in [1.54, 1.807) is 11.8 Å². The first-order valence-electron chi connectivity index (χ1n) is 7.38. The van der Waals surface area contributed by atoms with Crippen molar-refractivity contribution in [1.29, 1.82) is 0 Å². The summed E-state index contributed by atoms with van der Waals surface area (Å²) in [6, 6.07) is 1.83. The Balaban J connectivity index is 2.10. The van der Waals surface area contributed by atoms with Crippen LogP contribution in [-0.2, 0) is 16.1 Å². The second kappa shape index (κ2) is 7.11. The predicted molar refractivity (Wildman–Crippen MR) is 83.1 cm³/mol. The lowest BCUT2D eigenvalue weighted by molar-refractivity contribution is -0.149. The molecule has 6 heteroatoms. The summed E-state index contributed by atoms with van der Waals surface area (Å²) in [6.07, 6.45) is 3.53. The Morgan fingerprint density at radius 3 is 2.86 bits per heavy atom. The summed E-state index contributed by atoms with van der Waals surface area (Å²) in [5, 5.41) is 0. The third-order valence-electron chi connectivity index (χ3n) is 3.75. The number of likely N-dealkylation sites (tertiary alicyclic amines) is 1. The largest absolute Gasteiger partial charge is 0.466 e. The van der Waals surface area contributed by atoms with Gasteiger partial charge in [-0.2, -0.15) is 0 Å². The van der Waals surface area contributed by atoms with Gasteiger partial charge in [0.25, 0.3) is 5.91 Å². The summed E-state index contributed by atoms with van der Waals surface area (Å²) in [6.45, 7) is 6.07. The molecule has 1 saturated heterocycles. The van der Waals surface area contributed by atoms with E-state index in [9.17, 15) is 9.59 Å². The molecule has 21 heavy (non-hydrogen) atoms. The zero-order valence-corrected chi connectivity index (χ0v) is 14.1. The number of esters is 1. The fourth-order valence-electron chi connectivity index (χ4n) is 2.69. The van der Waals surface area contributed by atoms with Crippen molar-refractivity contribution in [1.82, 2.24) is 9.47 Å². The number of hydrogen-bond donors (Lipinski definition) is 0. The van der Waals surface area contributed by atoms with E-state index in [0.29, 0.717) is 25.4 Å². The number of carbonyl (C=O) groups excluding carboxylic acids is 2. The Labute approximate surface area is 133 Å². The molecule has 0 radical (unpaired) electrons. The van der Waals surface area contributed by atoms with E-state index in [2.05, 4.69) is 15.9 Å². The molecule has 0 unspecified atom stereocenters. The fourth-order valence-corrected chi connectivity index (χ4v) is 3.16. The van der Waals surface area contributed by atoms with Crippen LogP contribution in [0, 0.1) is 5.92 Å². The van der Waals surface area contributed by atoms with E-state index in [1.165, 1.54) is 0 Å². The lowest BCUT2D eigenvalue weighted by Crippen LogP contribution is -2.43. The van der Waals surface area contributed by atoms with Gasteiger partial charge in [-0.05, 0) is 48.7 Å². The maximum absolute atomic E-state index is 12.7. The van der Waals surface area contributed by atoms with Crippen molar-refractivity contribution < 1.29 is 14.3 Å². The first-order chi connectivity index (χ1) is 10.1. The van der Waals surface area contributed by atoms with Crippen molar-refractivity contribution in [2.75, 3.05) is 19.7 Å². The highest BCUT2D eigenvalue weighted by Gasteiger charge is 2.30. The van der Waals surface area contributed by atoms with Crippen LogP contribution in [0.4, 0.5) is 0 Å². The molecular weight excluding hydrogens is 336 g/mol. The molecule has 2 heterocycles. The third-order valence-corrected chi connectivity index (χ3v) is 4.19. The Bertz CT molecular complexity index is 527. The predicted octanol–water partition coefficient (Wildman–Crippen LogP) is 2.69. The van der Waals surface area contributed by atoms with Crippen LogP contribution in [0.2, 0.25) is 0 Å². The molecule has 1 amide bonds. The summed E-state index contributed by atoms with van der Waals surface area (Å²) in [7, 11) is 0. The summed E-state index contributed by atoms with van der Waals surface area (Å²) in [5.41, 5.74) is 0.661. The molecule has 0 spiro atoms. The van der Waals surface area contributed by atoms with Gasteiger partial charge in [-0.25, -0.2) is 0 Å². The number of amides is 1. The number of carbonyl (C=O) groups is 2. The van der Waals surface area contributed by atoms with Crippen molar-refractivity contribution in [2.45, 2.75) is 33.2 Å². The van der Waals surface area contributed by atoms with Crippen LogP contribution in [0.3, 0.4) is 0 Å². The Morgan fingerprint density at radius 2 is 2.19 bits per heavy atom. The average Bonchev–Trinajstić information content (AvgIpc) is 2.88. The third kappa shape index (κ3) is 3.67. The van der Waals surface area contributed by atoms with Gasteiger partial charge in [-0.15, -0.1) is 0 Å². The number of nitrogens with zero attached hydrogens (tertiary/aromatic N) is 2. The highest BCUT2D eigenvalue weighted by molar-refractivity contribution is 9.10. The number of aromatic nitrogens is 1. The normalized spacial score (nSPS) is 18.6. The second-order valence-electron chi connectivity index (χ2n) is 5.17. The van der Waals surface area contributed by atoms with Gasteiger partial charge in [0.15, 0.2) is 0 Å². The van der Waals surface area contributed by atoms with E-state index in [4.69, 9.17) is 4.74 Å². The van der Waals surface area contributed by atoms with Crippen LogP contribution in [0.1, 0.15) is 37.2 Å². The molecule has 1 aromatic heterocycles. The van der Waals surface area contributed by atoms with Crippen molar-refractivity contribution in [3.8, 4) is 0 Å². The lowest BCUT2D eigenvalue weighted by Gasteiger charge is -2.31. The maximum atomic E-state index is 12.7. The second-order valence-corrected chi connectivity index (χ2v) is 6.09. The van der Waals surface area contributed by atoms with Crippen molar-refractivity contribution in [2.24, 2.45) is 5.92 Å². The molecule has 0 aromatic carbocycles. The lowest BCUT2D eigenvalue weighted by atomic mass is 9.98. The van der Waals surface area contributed by atoms with Gasteiger partial charge in [0.2, 0.25) is 0 Å². The van der Waals surface area contributed by atoms with E-state index in [1.807, 2.05) is 23.8 Å². The minimum absolute atomic E-state index is 0.0171. The Kier molecular flexibility index (Phi) is 5.45. The van der Waals surface area contributed by atoms with E-state index in [0.717, 1.165) is 23.9 Å². The van der Waals surface area contributed by atoms with Crippen LogP contribution in [0.15, 0.2) is 16.7 Å². The van der Waals surface area contributed by atoms with Gasteiger partial charge >= 0.3 is 5.97 Å². The van der Waals surface area contributed by atoms with Crippen LogP contribution < -0.4 is 0 Å². The highest BCUT2D eigenvalue weighted by atomic mass is 79.9. The van der Waals surface area contributed by atoms with Gasteiger partial charge < -0.3 is 14.2 Å².